The number of imidazole rings is 1. The van der Waals surface area contributed by atoms with Gasteiger partial charge in [0.2, 0.25) is 5.91 Å². The van der Waals surface area contributed by atoms with Crippen LogP contribution >= 0.6 is 0 Å². The number of benzene rings is 2. The Hall–Kier alpha value is -3.54. The van der Waals surface area contributed by atoms with Crippen molar-refractivity contribution in [3.8, 4) is 0 Å². The van der Waals surface area contributed by atoms with E-state index in [4.69, 9.17) is 4.98 Å². The van der Waals surface area contributed by atoms with E-state index >= 15 is 0 Å². The van der Waals surface area contributed by atoms with E-state index in [0.717, 1.165) is 34.4 Å². The molecule has 1 unspecified atom stereocenters. The molecule has 158 valence electrons. The van der Waals surface area contributed by atoms with Gasteiger partial charge in [0.1, 0.15) is 11.6 Å². The second-order valence-corrected chi connectivity index (χ2v) is 7.54. The van der Waals surface area contributed by atoms with Gasteiger partial charge < -0.3 is 9.88 Å². The molecule has 4 aromatic rings. The third kappa shape index (κ3) is 4.97. The standard InChI is InChI=1S/C25H25FN4O/c1-2-21(19-6-4-3-5-7-19)29-25(31)13-12-24-28-22-14-15-27-16-23(22)30(24)17-18-8-10-20(26)11-9-18/h3-11,14-16,21H,2,12-13,17H2,1H3,(H,29,31). The number of hydrogen-bond donors (Lipinski definition) is 1. The molecular formula is C25H25FN4O. The minimum Gasteiger partial charge on any atom is -0.349 e. The molecule has 4 rings (SSSR count). The van der Waals surface area contributed by atoms with Crippen LogP contribution in [0.4, 0.5) is 4.39 Å². The molecule has 0 aliphatic rings. The summed E-state index contributed by atoms with van der Waals surface area (Å²) in [7, 11) is 0. The molecule has 1 amide bonds. The van der Waals surface area contributed by atoms with E-state index in [9.17, 15) is 9.18 Å². The van der Waals surface area contributed by atoms with Crippen molar-refractivity contribution in [1.82, 2.24) is 19.9 Å². The second-order valence-electron chi connectivity index (χ2n) is 7.54. The van der Waals surface area contributed by atoms with Gasteiger partial charge in [-0.15, -0.1) is 0 Å². The lowest BCUT2D eigenvalue weighted by atomic mass is 10.0. The maximum absolute atomic E-state index is 13.3. The summed E-state index contributed by atoms with van der Waals surface area (Å²) in [6.45, 7) is 2.61. The van der Waals surface area contributed by atoms with E-state index in [-0.39, 0.29) is 17.8 Å². The summed E-state index contributed by atoms with van der Waals surface area (Å²) in [4.78, 5) is 21.6. The molecule has 2 aromatic heterocycles. The topological polar surface area (TPSA) is 59.8 Å². The number of pyridine rings is 1. The van der Waals surface area contributed by atoms with Crippen molar-refractivity contribution in [2.75, 3.05) is 0 Å². The molecular weight excluding hydrogens is 391 g/mol. The Morgan fingerprint density at radius 1 is 1.10 bits per heavy atom. The first-order valence-electron chi connectivity index (χ1n) is 10.5. The van der Waals surface area contributed by atoms with E-state index < -0.39 is 0 Å². The lowest BCUT2D eigenvalue weighted by Crippen LogP contribution is -2.28. The Morgan fingerprint density at radius 2 is 1.87 bits per heavy atom. The summed E-state index contributed by atoms with van der Waals surface area (Å²) < 4.78 is 15.3. The third-order valence-corrected chi connectivity index (χ3v) is 5.40. The lowest BCUT2D eigenvalue weighted by Gasteiger charge is -2.17. The average molecular weight is 417 g/mol. The van der Waals surface area contributed by atoms with Gasteiger partial charge in [0.15, 0.2) is 0 Å². The molecule has 0 bridgehead atoms. The Kier molecular flexibility index (Phi) is 6.36. The minimum absolute atomic E-state index is 0.00377. The molecule has 5 nitrogen and oxygen atoms in total. The van der Waals surface area contributed by atoms with Crippen molar-refractivity contribution in [2.24, 2.45) is 0 Å². The zero-order valence-corrected chi connectivity index (χ0v) is 17.5. The molecule has 6 heteroatoms. The zero-order valence-electron chi connectivity index (χ0n) is 17.5. The van der Waals surface area contributed by atoms with Gasteiger partial charge in [-0.2, -0.15) is 0 Å². The molecule has 1 atom stereocenters. The summed E-state index contributed by atoms with van der Waals surface area (Å²) in [6.07, 6.45) is 5.15. The van der Waals surface area contributed by atoms with Crippen LogP contribution < -0.4 is 5.32 Å². The van der Waals surface area contributed by atoms with E-state index in [0.29, 0.717) is 19.4 Å². The minimum atomic E-state index is -0.262. The van der Waals surface area contributed by atoms with Crippen molar-refractivity contribution < 1.29 is 9.18 Å². The van der Waals surface area contributed by atoms with Crippen LogP contribution in [0.15, 0.2) is 73.1 Å². The fourth-order valence-corrected chi connectivity index (χ4v) is 3.76. The van der Waals surface area contributed by atoms with Crippen molar-refractivity contribution in [1.29, 1.82) is 0 Å². The average Bonchev–Trinajstić information content (AvgIpc) is 3.15. The first kappa shape index (κ1) is 20.7. The number of carbonyl (C=O) groups excluding carboxylic acids is 1. The molecule has 0 saturated heterocycles. The molecule has 1 N–H and O–H groups in total. The number of hydrogen-bond acceptors (Lipinski definition) is 3. The SMILES string of the molecule is CCC(NC(=O)CCc1nc2ccncc2n1Cc1ccc(F)cc1)c1ccccc1. The van der Waals surface area contributed by atoms with E-state index in [1.165, 1.54) is 12.1 Å². The highest BCUT2D eigenvalue weighted by molar-refractivity contribution is 5.77. The van der Waals surface area contributed by atoms with E-state index in [1.54, 1.807) is 24.5 Å². The number of aryl methyl sites for hydroxylation is 1. The molecule has 0 fully saturated rings. The summed E-state index contributed by atoms with van der Waals surface area (Å²) >= 11 is 0. The Bertz CT molecular complexity index is 1160. The predicted molar refractivity (Wildman–Crippen MR) is 119 cm³/mol. The van der Waals surface area contributed by atoms with Gasteiger partial charge in [-0.05, 0) is 35.7 Å². The molecule has 2 aromatic carbocycles. The van der Waals surface area contributed by atoms with Gasteiger partial charge >= 0.3 is 0 Å². The lowest BCUT2D eigenvalue weighted by molar-refractivity contribution is -0.121. The van der Waals surface area contributed by atoms with Gasteiger partial charge in [0.25, 0.3) is 0 Å². The molecule has 0 aliphatic heterocycles. The second kappa shape index (κ2) is 9.51. The monoisotopic (exact) mass is 416 g/mol. The van der Waals surface area contributed by atoms with E-state index in [1.807, 2.05) is 36.4 Å². The number of carbonyl (C=O) groups is 1. The van der Waals surface area contributed by atoms with Crippen molar-refractivity contribution in [3.63, 3.8) is 0 Å². The fourth-order valence-electron chi connectivity index (χ4n) is 3.76. The van der Waals surface area contributed by atoms with Crippen LogP contribution in [0.3, 0.4) is 0 Å². The molecule has 2 heterocycles. The first-order valence-corrected chi connectivity index (χ1v) is 10.5. The molecule has 31 heavy (non-hydrogen) atoms. The van der Waals surface area contributed by atoms with Crippen LogP contribution in [-0.4, -0.2) is 20.4 Å². The molecule has 0 spiro atoms. The predicted octanol–water partition coefficient (Wildman–Crippen LogP) is 4.82. The van der Waals surface area contributed by atoms with Crippen LogP contribution in [0.2, 0.25) is 0 Å². The smallest absolute Gasteiger partial charge is 0.220 e. The number of rotatable bonds is 8. The van der Waals surface area contributed by atoms with Crippen molar-refractivity contribution in [2.45, 2.75) is 38.8 Å². The van der Waals surface area contributed by atoms with E-state index in [2.05, 4.69) is 21.8 Å². The number of amides is 1. The number of halogens is 1. The van der Waals surface area contributed by atoms with Gasteiger partial charge in [-0.25, -0.2) is 9.37 Å². The molecule has 0 radical (unpaired) electrons. The number of nitrogens with one attached hydrogen (secondary N) is 1. The summed E-state index contributed by atoms with van der Waals surface area (Å²) in [5.41, 5.74) is 3.81. The van der Waals surface area contributed by atoms with Crippen molar-refractivity contribution in [3.05, 3.63) is 95.8 Å². The molecule has 0 saturated carbocycles. The summed E-state index contributed by atoms with van der Waals surface area (Å²) in [5.74, 6) is 0.547. The van der Waals surface area contributed by atoms with Gasteiger partial charge in [0.05, 0.1) is 23.3 Å². The number of fused-ring (bicyclic) bond motifs is 1. The summed E-state index contributed by atoms with van der Waals surface area (Å²) in [6, 6.07) is 18.3. The zero-order chi connectivity index (χ0) is 21.6. The van der Waals surface area contributed by atoms with Crippen LogP contribution in [-0.2, 0) is 17.8 Å². The van der Waals surface area contributed by atoms with Crippen LogP contribution in [0.25, 0.3) is 11.0 Å². The Balaban J connectivity index is 1.50. The molecule has 0 aliphatic carbocycles. The Labute approximate surface area is 181 Å². The van der Waals surface area contributed by atoms with Crippen molar-refractivity contribution >= 4 is 16.9 Å². The van der Waals surface area contributed by atoms with Gasteiger partial charge in [-0.1, -0.05) is 49.4 Å². The maximum atomic E-state index is 13.3. The number of nitrogens with zero attached hydrogens (tertiary/aromatic N) is 3. The highest BCUT2D eigenvalue weighted by Crippen LogP contribution is 2.20. The summed E-state index contributed by atoms with van der Waals surface area (Å²) in [5, 5.41) is 3.13. The Morgan fingerprint density at radius 3 is 2.61 bits per heavy atom. The highest BCUT2D eigenvalue weighted by atomic mass is 19.1. The van der Waals surface area contributed by atoms with Crippen LogP contribution in [0.5, 0.6) is 0 Å². The van der Waals surface area contributed by atoms with Crippen LogP contribution in [0, 0.1) is 5.82 Å². The number of aromatic nitrogens is 3. The van der Waals surface area contributed by atoms with Gasteiger partial charge in [-0.3, -0.25) is 9.78 Å². The highest BCUT2D eigenvalue weighted by Gasteiger charge is 2.16. The largest absolute Gasteiger partial charge is 0.349 e. The third-order valence-electron chi connectivity index (χ3n) is 5.40. The fraction of sp³-hybridized carbons (Fsp3) is 0.240. The van der Waals surface area contributed by atoms with Crippen LogP contribution in [0.1, 0.15) is 42.8 Å². The normalized spacial score (nSPS) is 12.1. The van der Waals surface area contributed by atoms with Gasteiger partial charge in [0, 0.05) is 25.6 Å². The first-order chi connectivity index (χ1) is 15.1. The quantitative estimate of drug-likeness (QED) is 0.448. The maximum Gasteiger partial charge on any atom is 0.220 e.